The molecule has 0 amide bonds. The van der Waals surface area contributed by atoms with E-state index in [1.807, 2.05) is 108 Å². The topological polar surface area (TPSA) is 29.5 Å². The number of para-hydroxylation sites is 3. The lowest BCUT2D eigenvalue weighted by atomic mass is 9.98. The van der Waals surface area contributed by atoms with Gasteiger partial charge in [0.1, 0.15) is 16.7 Å². The number of benzene rings is 8. The van der Waals surface area contributed by atoms with Crippen molar-refractivity contribution in [3.05, 3.63) is 176 Å². The van der Waals surface area contributed by atoms with Crippen LogP contribution in [0.3, 0.4) is 0 Å². The van der Waals surface area contributed by atoms with Crippen LogP contribution in [0, 0.1) is 0 Å². The summed E-state index contributed by atoms with van der Waals surface area (Å²) in [5, 5.41) is 4.27. The Labute approximate surface area is 292 Å². The molecule has 3 nitrogen and oxygen atoms in total. The molecule has 2 aromatic heterocycles. The molecule has 0 radical (unpaired) electrons. The number of furan rings is 2. The summed E-state index contributed by atoms with van der Waals surface area (Å²) in [5.74, 6) is 0. The molecule has 10 aromatic rings. The standard InChI is InChI=1S/C46H29NO2/c1-2-14-36-30(10-1)11-8-17-37(36)31-22-25-34(26-23-31)47(42-19-9-18-40-38-15-3-6-21-44(38)49-46(40)42)35-13-7-12-32(28-35)33-24-27-45-41(29-33)39-16-4-5-20-43(39)48-45/h1-29H/i3D,6D,9D,15D,18D,19D,21D. The molecule has 0 saturated heterocycles. The first-order valence-corrected chi connectivity index (χ1v) is 16.0. The van der Waals surface area contributed by atoms with Crippen LogP contribution in [0.2, 0.25) is 0 Å². The summed E-state index contributed by atoms with van der Waals surface area (Å²) in [7, 11) is 0. The van der Waals surface area contributed by atoms with Crippen LogP contribution in [0.15, 0.2) is 185 Å². The molecule has 3 heteroatoms. The predicted molar refractivity (Wildman–Crippen MR) is 204 cm³/mol. The highest BCUT2D eigenvalue weighted by Crippen LogP contribution is 2.44. The minimum absolute atomic E-state index is 0.00592. The Kier molecular flexibility index (Phi) is 4.79. The van der Waals surface area contributed by atoms with Crippen molar-refractivity contribution in [3.63, 3.8) is 0 Å². The third kappa shape index (κ3) is 4.51. The van der Waals surface area contributed by atoms with Crippen molar-refractivity contribution in [2.45, 2.75) is 0 Å². The van der Waals surface area contributed by atoms with E-state index in [0.717, 1.165) is 55.0 Å². The number of fused-ring (bicyclic) bond motifs is 7. The molecule has 2 heterocycles. The van der Waals surface area contributed by atoms with Gasteiger partial charge in [0, 0.05) is 32.9 Å². The Morgan fingerprint density at radius 1 is 0.429 bits per heavy atom. The van der Waals surface area contributed by atoms with Crippen molar-refractivity contribution in [1.82, 2.24) is 0 Å². The van der Waals surface area contributed by atoms with Crippen LogP contribution in [-0.4, -0.2) is 0 Å². The Morgan fingerprint density at radius 2 is 1.16 bits per heavy atom. The molecule has 0 bridgehead atoms. The third-order valence-corrected chi connectivity index (χ3v) is 9.18. The summed E-state index contributed by atoms with van der Waals surface area (Å²) < 4.78 is 73.9. The molecule has 8 aromatic carbocycles. The van der Waals surface area contributed by atoms with Crippen molar-refractivity contribution >= 4 is 71.7 Å². The van der Waals surface area contributed by atoms with Gasteiger partial charge in [-0.25, -0.2) is 0 Å². The maximum Gasteiger partial charge on any atom is 0.159 e. The second kappa shape index (κ2) is 11.0. The number of rotatable bonds is 5. The predicted octanol–water partition coefficient (Wildman–Crippen LogP) is 13.4. The van der Waals surface area contributed by atoms with E-state index in [0.29, 0.717) is 11.4 Å². The van der Waals surface area contributed by atoms with Gasteiger partial charge >= 0.3 is 0 Å². The highest BCUT2D eigenvalue weighted by Gasteiger charge is 2.20. The number of nitrogens with zero attached hydrogens (tertiary/aromatic N) is 1. The molecule has 0 aliphatic carbocycles. The zero-order valence-electron chi connectivity index (χ0n) is 33.0. The fourth-order valence-electron chi connectivity index (χ4n) is 6.88. The van der Waals surface area contributed by atoms with Crippen LogP contribution >= 0.6 is 0 Å². The van der Waals surface area contributed by atoms with E-state index in [-0.39, 0.29) is 45.8 Å². The summed E-state index contributed by atoms with van der Waals surface area (Å²) >= 11 is 0. The fraction of sp³-hybridized carbons (Fsp3) is 0. The lowest BCUT2D eigenvalue weighted by Gasteiger charge is -2.26. The first-order valence-electron chi connectivity index (χ1n) is 19.5. The molecule has 0 aliphatic rings. The molecule has 0 atom stereocenters. The van der Waals surface area contributed by atoms with Crippen LogP contribution in [0.25, 0.3) is 76.9 Å². The van der Waals surface area contributed by atoms with Gasteiger partial charge in [-0.1, -0.05) is 121 Å². The third-order valence-electron chi connectivity index (χ3n) is 9.18. The second-order valence-corrected chi connectivity index (χ2v) is 12.0. The average molecular weight is 635 g/mol. The summed E-state index contributed by atoms with van der Waals surface area (Å²) in [6.07, 6.45) is 0. The first-order chi connectivity index (χ1) is 27.2. The normalized spacial score (nSPS) is 13.7. The minimum Gasteiger partial charge on any atom is -0.456 e. The number of hydrogen-bond donors (Lipinski definition) is 0. The molecule has 49 heavy (non-hydrogen) atoms. The lowest BCUT2D eigenvalue weighted by molar-refractivity contribution is 0.668. The van der Waals surface area contributed by atoms with Gasteiger partial charge in [-0.2, -0.15) is 0 Å². The van der Waals surface area contributed by atoms with Crippen molar-refractivity contribution < 1.29 is 18.4 Å². The van der Waals surface area contributed by atoms with Gasteiger partial charge in [0.15, 0.2) is 5.58 Å². The van der Waals surface area contributed by atoms with Crippen LogP contribution < -0.4 is 4.90 Å². The van der Waals surface area contributed by atoms with Gasteiger partial charge in [0.05, 0.1) is 15.3 Å². The highest BCUT2D eigenvalue weighted by molar-refractivity contribution is 6.10. The van der Waals surface area contributed by atoms with E-state index in [9.17, 15) is 1.37 Å². The zero-order valence-corrected chi connectivity index (χ0v) is 26.0. The van der Waals surface area contributed by atoms with Crippen LogP contribution in [0.5, 0.6) is 0 Å². The lowest BCUT2D eigenvalue weighted by Crippen LogP contribution is -2.10. The Balaban J connectivity index is 1.22. The summed E-state index contributed by atoms with van der Waals surface area (Å²) in [5.41, 5.74) is 6.71. The minimum atomic E-state index is -0.470. The van der Waals surface area contributed by atoms with Gasteiger partial charge in [0.2, 0.25) is 0 Å². The molecule has 230 valence electrons. The van der Waals surface area contributed by atoms with E-state index in [1.165, 1.54) is 0 Å². The summed E-state index contributed by atoms with van der Waals surface area (Å²) in [6, 6.07) is 41.3. The molecule has 0 unspecified atom stereocenters. The molecular weight excluding hydrogens is 599 g/mol. The van der Waals surface area contributed by atoms with Crippen molar-refractivity contribution in [2.75, 3.05) is 4.90 Å². The molecule has 0 saturated carbocycles. The summed E-state index contributed by atoms with van der Waals surface area (Å²) in [6.45, 7) is 0. The Morgan fingerprint density at radius 3 is 2.10 bits per heavy atom. The molecule has 10 rings (SSSR count). The zero-order chi connectivity index (χ0) is 38.4. The molecule has 0 N–H and O–H groups in total. The maximum atomic E-state index is 9.36. The summed E-state index contributed by atoms with van der Waals surface area (Å²) in [4.78, 5) is 1.81. The fourth-order valence-corrected chi connectivity index (χ4v) is 6.88. The Hall–Kier alpha value is -6.58. The molecular formula is C46H29NO2. The number of anilines is 3. The quantitative estimate of drug-likeness (QED) is 0.189. The SMILES string of the molecule is [2H]c1c([2H])c([2H])c2c(oc3c(N(c4ccc(-c5cccc6ccccc56)cc4)c4cccc(-c5ccc6oc7ccccc7c6c5)c4)c([2H])c([2H])c([2H])c32)c1[2H]. The number of hydrogen-bond acceptors (Lipinski definition) is 3. The van der Waals surface area contributed by atoms with E-state index < -0.39 is 24.2 Å². The van der Waals surface area contributed by atoms with Gasteiger partial charge in [-0.15, -0.1) is 0 Å². The van der Waals surface area contributed by atoms with E-state index in [1.54, 1.807) is 0 Å². The second-order valence-electron chi connectivity index (χ2n) is 12.0. The highest BCUT2D eigenvalue weighted by atomic mass is 16.3. The maximum absolute atomic E-state index is 9.36. The van der Waals surface area contributed by atoms with Crippen LogP contribution in [0.1, 0.15) is 9.60 Å². The van der Waals surface area contributed by atoms with Gasteiger partial charge < -0.3 is 13.7 Å². The van der Waals surface area contributed by atoms with Crippen LogP contribution in [0.4, 0.5) is 17.1 Å². The van der Waals surface area contributed by atoms with E-state index in [2.05, 4.69) is 30.3 Å². The van der Waals surface area contributed by atoms with Crippen molar-refractivity contribution in [3.8, 4) is 22.3 Å². The van der Waals surface area contributed by atoms with Gasteiger partial charge in [-0.3, -0.25) is 0 Å². The van der Waals surface area contributed by atoms with Gasteiger partial charge in [0.25, 0.3) is 0 Å². The molecule has 0 aliphatic heterocycles. The Bertz CT molecular complexity index is 3240. The van der Waals surface area contributed by atoms with Crippen molar-refractivity contribution in [2.24, 2.45) is 0 Å². The van der Waals surface area contributed by atoms with E-state index in [4.69, 9.17) is 17.1 Å². The van der Waals surface area contributed by atoms with Gasteiger partial charge in [-0.05, 0) is 87.6 Å². The average Bonchev–Trinajstić information content (AvgIpc) is 3.82. The monoisotopic (exact) mass is 634 g/mol. The smallest absolute Gasteiger partial charge is 0.159 e. The first kappa shape index (κ1) is 21.3. The van der Waals surface area contributed by atoms with Crippen LogP contribution in [-0.2, 0) is 0 Å². The molecule has 0 fully saturated rings. The largest absolute Gasteiger partial charge is 0.456 e. The van der Waals surface area contributed by atoms with E-state index >= 15 is 0 Å². The van der Waals surface area contributed by atoms with Crippen molar-refractivity contribution in [1.29, 1.82) is 0 Å². The molecule has 0 spiro atoms.